The Morgan fingerprint density at radius 1 is 1.31 bits per heavy atom. The van der Waals surface area contributed by atoms with E-state index in [0.29, 0.717) is 10.7 Å². The van der Waals surface area contributed by atoms with Crippen molar-refractivity contribution in [2.75, 3.05) is 11.1 Å². The van der Waals surface area contributed by atoms with Gasteiger partial charge in [-0.05, 0) is 36.8 Å². The van der Waals surface area contributed by atoms with Crippen LogP contribution in [0.4, 0.5) is 17.2 Å². The minimum atomic E-state index is 0.691. The minimum absolute atomic E-state index is 0.691. The molecule has 2 aromatic rings. The maximum Gasteiger partial charge on any atom is 0.130 e. The van der Waals surface area contributed by atoms with Crippen molar-refractivity contribution in [2.24, 2.45) is 0 Å². The molecule has 1 aromatic heterocycles. The van der Waals surface area contributed by atoms with Crippen LogP contribution in [0.3, 0.4) is 0 Å². The molecule has 0 bridgehead atoms. The van der Waals surface area contributed by atoms with Gasteiger partial charge in [0.2, 0.25) is 0 Å². The standard InChI is InChI=1S/C12H12ClN3/c1-8-5-12(15-7-11(8)14)16-10-4-2-3-9(13)6-10/h2-7H,14H2,1H3,(H,15,16). The summed E-state index contributed by atoms with van der Waals surface area (Å²) in [6.07, 6.45) is 1.64. The van der Waals surface area contributed by atoms with E-state index in [1.807, 2.05) is 37.3 Å². The summed E-state index contributed by atoms with van der Waals surface area (Å²) in [5.74, 6) is 0.758. The maximum absolute atomic E-state index is 5.89. The van der Waals surface area contributed by atoms with Gasteiger partial charge in [-0.25, -0.2) is 4.98 Å². The van der Waals surface area contributed by atoms with Crippen LogP contribution in [0.1, 0.15) is 5.56 Å². The Kier molecular flexibility index (Phi) is 2.97. The van der Waals surface area contributed by atoms with Gasteiger partial charge in [-0.15, -0.1) is 0 Å². The van der Waals surface area contributed by atoms with Gasteiger partial charge in [0.25, 0.3) is 0 Å². The van der Waals surface area contributed by atoms with Crippen LogP contribution in [0.15, 0.2) is 36.5 Å². The van der Waals surface area contributed by atoms with Crippen LogP contribution in [0.25, 0.3) is 0 Å². The van der Waals surface area contributed by atoms with Crippen molar-refractivity contribution in [3.63, 3.8) is 0 Å². The number of hydrogen-bond donors (Lipinski definition) is 2. The molecule has 0 saturated heterocycles. The highest BCUT2D eigenvalue weighted by molar-refractivity contribution is 6.30. The fourth-order valence-electron chi connectivity index (χ4n) is 1.35. The average Bonchev–Trinajstić information content (AvgIpc) is 2.24. The van der Waals surface area contributed by atoms with E-state index >= 15 is 0 Å². The molecular weight excluding hydrogens is 222 g/mol. The molecule has 16 heavy (non-hydrogen) atoms. The minimum Gasteiger partial charge on any atom is -0.397 e. The van der Waals surface area contributed by atoms with E-state index < -0.39 is 0 Å². The molecule has 1 heterocycles. The van der Waals surface area contributed by atoms with Crippen LogP contribution in [-0.2, 0) is 0 Å². The van der Waals surface area contributed by atoms with Crippen molar-refractivity contribution in [1.82, 2.24) is 4.98 Å². The van der Waals surface area contributed by atoms with Crippen molar-refractivity contribution in [3.05, 3.63) is 47.1 Å². The third-order valence-corrected chi connectivity index (χ3v) is 2.48. The number of aromatic nitrogens is 1. The summed E-state index contributed by atoms with van der Waals surface area (Å²) in [6, 6.07) is 9.38. The van der Waals surface area contributed by atoms with E-state index in [-0.39, 0.29) is 0 Å². The summed E-state index contributed by atoms with van der Waals surface area (Å²) in [5.41, 5.74) is 8.29. The normalized spacial score (nSPS) is 10.1. The largest absolute Gasteiger partial charge is 0.397 e. The third-order valence-electron chi connectivity index (χ3n) is 2.25. The number of nitrogens with one attached hydrogen (secondary N) is 1. The molecule has 4 heteroatoms. The molecule has 0 aliphatic rings. The van der Waals surface area contributed by atoms with Gasteiger partial charge in [0.05, 0.1) is 11.9 Å². The van der Waals surface area contributed by atoms with Crippen LogP contribution in [-0.4, -0.2) is 4.98 Å². The first-order valence-corrected chi connectivity index (χ1v) is 5.27. The molecule has 82 valence electrons. The predicted molar refractivity (Wildman–Crippen MR) is 68.1 cm³/mol. The van der Waals surface area contributed by atoms with E-state index in [0.717, 1.165) is 17.1 Å². The lowest BCUT2D eigenvalue weighted by atomic mass is 10.2. The first-order chi connectivity index (χ1) is 7.65. The molecule has 0 amide bonds. The highest BCUT2D eigenvalue weighted by Crippen LogP contribution is 2.20. The zero-order valence-electron chi connectivity index (χ0n) is 8.87. The fourth-order valence-corrected chi connectivity index (χ4v) is 1.54. The first-order valence-electron chi connectivity index (χ1n) is 4.90. The Labute approximate surface area is 99.3 Å². The summed E-state index contributed by atoms with van der Waals surface area (Å²) in [4.78, 5) is 4.18. The van der Waals surface area contributed by atoms with E-state index in [4.69, 9.17) is 17.3 Å². The quantitative estimate of drug-likeness (QED) is 0.836. The molecule has 1 aromatic carbocycles. The predicted octanol–water partition coefficient (Wildman–Crippen LogP) is 3.37. The van der Waals surface area contributed by atoms with Gasteiger partial charge < -0.3 is 11.1 Å². The summed E-state index contributed by atoms with van der Waals surface area (Å²) < 4.78 is 0. The van der Waals surface area contributed by atoms with Crippen molar-refractivity contribution >= 4 is 28.8 Å². The van der Waals surface area contributed by atoms with Crippen LogP contribution >= 0.6 is 11.6 Å². The van der Waals surface area contributed by atoms with Crippen LogP contribution in [0, 0.1) is 6.92 Å². The number of nitrogen functional groups attached to an aromatic ring is 1. The monoisotopic (exact) mass is 233 g/mol. The maximum atomic E-state index is 5.89. The van der Waals surface area contributed by atoms with E-state index in [2.05, 4.69) is 10.3 Å². The van der Waals surface area contributed by atoms with Gasteiger partial charge >= 0.3 is 0 Å². The van der Waals surface area contributed by atoms with Gasteiger partial charge in [-0.2, -0.15) is 0 Å². The number of nitrogens with zero attached hydrogens (tertiary/aromatic N) is 1. The van der Waals surface area contributed by atoms with Crippen LogP contribution < -0.4 is 11.1 Å². The Balaban J connectivity index is 2.24. The van der Waals surface area contributed by atoms with Crippen molar-refractivity contribution < 1.29 is 0 Å². The van der Waals surface area contributed by atoms with Crippen molar-refractivity contribution in [2.45, 2.75) is 6.92 Å². The molecule has 0 spiro atoms. The number of aryl methyl sites for hydroxylation is 1. The molecule has 0 aliphatic heterocycles. The Morgan fingerprint density at radius 2 is 2.12 bits per heavy atom. The number of rotatable bonds is 2. The SMILES string of the molecule is Cc1cc(Nc2cccc(Cl)c2)ncc1N. The highest BCUT2D eigenvalue weighted by Gasteiger charge is 1.99. The molecule has 0 unspecified atom stereocenters. The molecule has 0 aliphatic carbocycles. The number of hydrogen-bond acceptors (Lipinski definition) is 3. The summed E-state index contributed by atoms with van der Waals surface area (Å²) >= 11 is 5.89. The zero-order chi connectivity index (χ0) is 11.5. The molecular formula is C12H12ClN3. The van der Waals surface area contributed by atoms with Gasteiger partial charge in [0.15, 0.2) is 0 Å². The first kappa shape index (κ1) is 10.8. The van der Waals surface area contributed by atoms with E-state index in [1.54, 1.807) is 6.20 Å². The molecule has 3 N–H and O–H groups in total. The lowest BCUT2D eigenvalue weighted by Crippen LogP contribution is -1.97. The lowest BCUT2D eigenvalue weighted by Gasteiger charge is -2.07. The molecule has 0 atom stereocenters. The Morgan fingerprint density at radius 3 is 2.81 bits per heavy atom. The summed E-state index contributed by atoms with van der Waals surface area (Å²) in [6.45, 7) is 1.94. The molecule has 0 saturated carbocycles. The van der Waals surface area contributed by atoms with Crippen LogP contribution in [0.5, 0.6) is 0 Å². The molecule has 3 nitrogen and oxygen atoms in total. The second-order valence-corrected chi connectivity index (χ2v) is 4.00. The van der Waals surface area contributed by atoms with E-state index in [9.17, 15) is 0 Å². The average molecular weight is 234 g/mol. The van der Waals surface area contributed by atoms with Crippen molar-refractivity contribution in [1.29, 1.82) is 0 Å². The van der Waals surface area contributed by atoms with Gasteiger partial charge in [0, 0.05) is 10.7 Å². The molecule has 0 fully saturated rings. The number of halogens is 1. The fraction of sp³-hybridized carbons (Fsp3) is 0.0833. The lowest BCUT2D eigenvalue weighted by molar-refractivity contribution is 1.28. The summed E-state index contributed by atoms with van der Waals surface area (Å²) in [7, 11) is 0. The zero-order valence-corrected chi connectivity index (χ0v) is 9.62. The molecule has 0 radical (unpaired) electrons. The van der Waals surface area contributed by atoms with E-state index in [1.165, 1.54) is 0 Å². The topological polar surface area (TPSA) is 50.9 Å². The number of benzene rings is 1. The second-order valence-electron chi connectivity index (χ2n) is 3.56. The highest BCUT2D eigenvalue weighted by atomic mass is 35.5. The third kappa shape index (κ3) is 2.44. The number of nitrogens with two attached hydrogens (primary N) is 1. The number of anilines is 3. The van der Waals surface area contributed by atoms with Gasteiger partial charge in [-0.1, -0.05) is 17.7 Å². The Bertz CT molecular complexity index is 511. The number of pyridine rings is 1. The Hall–Kier alpha value is -1.74. The second kappa shape index (κ2) is 4.41. The smallest absolute Gasteiger partial charge is 0.130 e. The van der Waals surface area contributed by atoms with Crippen molar-refractivity contribution in [3.8, 4) is 0 Å². The summed E-state index contributed by atoms with van der Waals surface area (Å²) in [5, 5.41) is 3.85. The van der Waals surface area contributed by atoms with Crippen LogP contribution in [0.2, 0.25) is 5.02 Å². The van der Waals surface area contributed by atoms with Gasteiger partial charge in [-0.3, -0.25) is 0 Å². The van der Waals surface area contributed by atoms with Gasteiger partial charge in [0.1, 0.15) is 5.82 Å². The molecule has 2 rings (SSSR count).